The van der Waals surface area contributed by atoms with Crippen molar-refractivity contribution in [1.29, 1.82) is 0 Å². The summed E-state index contributed by atoms with van der Waals surface area (Å²) in [6.07, 6.45) is 1.71. The zero-order chi connectivity index (χ0) is 18.1. The number of aromatic nitrogens is 2. The first-order valence-electron chi connectivity index (χ1n) is 7.94. The molecule has 0 fully saturated rings. The molecule has 2 heterocycles. The number of methoxy groups -OCH3 is 1. The highest BCUT2D eigenvalue weighted by Gasteiger charge is 2.20. The van der Waals surface area contributed by atoms with E-state index in [9.17, 15) is 4.79 Å². The summed E-state index contributed by atoms with van der Waals surface area (Å²) in [4.78, 5) is 20.7. The van der Waals surface area contributed by atoms with E-state index in [0.717, 1.165) is 22.3 Å². The number of nitrogens with zero attached hydrogens (tertiary/aromatic N) is 1. The molecule has 26 heavy (non-hydrogen) atoms. The van der Waals surface area contributed by atoms with Gasteiger partial charge in [0.05, 0.1) is 7.11 Å². The van der Waals surface area contributed by atoms with Gasteiger partial charge in [0, 0.05) is 34.4 Å². The first-order chi connectivity index (χ1) is 12.7. The number of anilines is 3. The number of nitrogens with one attached hydrogen (secondary N) is 2. The minimum Gasteiger partial charge on any atom is -0.497 e. The molecule has 0 saturated carbocycles. The molecule has 4 N–H and O–H groups in total. The third-order valence-electron chi connectivity index (χ3n) is 4.01. The highest BCUT2D eigenvalue weighted by Crippen LogP contribution is 2.32. The van der Waals surface area contributed by atoms with Crippen LogP contribution in [0.15, 0.2) is 54.7 Å². The van der Waals surface area contributed by atoms with Gasteiger partial charge in [0.2, 0.25) is 5.78 Å². The molecule has 0 unspecified atom stereocenters. The van der Waals surface area contributed by atoms with Crippen LogP contribution in [0.25, 0.3) is 10.9 Å². The van der Waals surface area contributed by atoms with Crippen molar-refractivity contribution in [2.75, 3.05) is 18.2 Å². The minimum absolute atomic E-state index is 0.142. The molecular weight excluding hydrogens is 348 g/mol. The Morgan fingerprint density at radius 2 is 2.08 bits per heavy atom. The summed E-state index contributed by atoms with van der Waals surface area (Å²) in [5.74, 6) is 0.807. The van der Waals surface area contributed by atoms with Crippen LogP contribution in [-0.2, 0) is 0 Å². The van der Waals surface area contributed by atoms with E-state index in [2.05, 4.69) is 15.3 Å². The average Bonchev–Trinajstić information content (AvgIpc) is 3.25. The lowest BCUT2D eigenvalue weighted by molar-refractivity contribution is 0.104. The molecule has 4 rings (SSSR count). The Labute approximate surface area is 153 Å². The van der Waals surface area contributed by atoms with Crippen LogP contribution >= 0.6 is 11.3 Å². The summed E-state index contributed by atoms with van der Waals surface area (Å²) >= 11 is 1.23. The largest absolute Gasteiger partial charge is 0.497 e. The van der Waals surface area contributed by atoms with E-state index in [1.54, 1.807) is 13.3 Å². The minimum atomic E-state index is -0.142. The van der Waals surface area contributed by atoms with E-state index in [4.69, 9.17) is 10.5 Å². The molecule has 0 saturated heterocycles. The highest BCUT2D eigenvalue weighted by atomic mass is 32.1. The van der Waals surface area contributed by atoms with Crippen molar-refractivity contribution in [3.05, 3.63) is 65.2 Å². The maximum atomic E-state index is 12.9. The molecule has 0 radical (unpaired) electrons. The lowest BCUT2D eigenvalue weighted by Gasteiger charge is -2.04. The molecule has 6 nitrogen and oxygen atoms in total. The number of benzene rings is 2. The van der Waals surface area contributed by atoms with E-state index in [0.29, 0.717) is 15.6 Å². The number of aromatic amines is 1. The van der Waals surface area contributed by atoms with Crippen molar-refractivity contribution in [2.24, 2.45) is 0 Å². The zero-order valence-corrected chi connectivity index (χ0v) is 14.8. The summed E-state index contributed by atoms with van der Waals surface area (Å²) in [5, 5.41) is 4.59. The van der Waals surface area contributed by atoms with Crippen molar-refractivity contribution in [2.45, 2.75) is 0 Å². The number of ether oxygens (including phenoxy) is 1. The van der Waals surface area contributed by atoms with Crippen LogP contribution < -0.4 is 15.8 Å². The van der Waals surface area contributed by atoms with Gasteiger partial charge < -0.3 is 20.8 Å². The summed E-state index contributed by atoms with van der Waals surface area (Å²) < 4.78 is 5.21. The molecule has 130 valence electrons. The maximum absolute atomic E-state index is 12.9. The fourth-order valence-corrected chi connectivity index (χ4v) is 3.61. The Morgan fingerprint density at radius 3 is 2.92 bits per heavy atom. The molecule has 0 aliphatic carbocycles. The van der Waals surface area contributed by atoms with Crippen LogP contribution in [0.3, 0.4) is 0 Å². The molecule has 0 spiro atoms. The smallest absolute Gasteiger partial charge is 0.208 e. The second-order valence-electron chi connectivity index (χ2n) is 5.67. The highest BCUT2D eigenvalue weighted by molar-refractivity contribution is 7.18. The van der Waals surface area contributed by atoms with Crippen LogP contribution in [-0.4, -0.2) is 22.9 Å². The monoisotopic (exact) mass is 364 g/mol. The number of nitrogens with two attached hydrogens (primary N) is 1. The fraction of sp³-hybridized carbons (Fsp3) is 0.0526. The Kier molecular flexibility index (Phi) is 4.06. The quantitative estimate of drug-likeness (QED) is 0.462. The Bertz CT molecular complexity index is 1100. The van der Waals surface area contributed by atoms with E-state index in [1.807, 2.05) is 48.5 Å². The van der Waals surface area contributed by atoms with Gasteiger partial charge in [0.15, 0.2) is 5.13 Å². The second-order valence-corrected chi connectivity index (χ2v) is 6.67. The van der Waals surface area contributed by atoms with E-state index < -0.39 is 0 Å². The number of ketones is 1. The maximum Gasteiger partial charge on any atom is 0.208 e. The van der Waals surface area contributed by atoms with Crippen molar-refractivity contribution in [3.8, 4) is 5.75 Å². The van der Waals surface area contributed by atoms with Gasteiger partial charge in [0.25, 0.3) is 0 Å². The van der Waals surface area contributed by atoms with Crippen LogP contribution in [0.5, 0.6) is 5.75 Å². The summed E-state index contributed by atoms with van der Waals surface area (Å²) in [5.41, 5.74) is 8.31. The molecule has 2 aromatic carbocycles. The number of hydrogen-bond donors (Lipinski definition) is 3. The molecule has 4 aromatic rings. The van der Waals surface area contributed by atoms with Crippen molar-refractivity contribution in [1.82, 2.24) is 9.97 Å². The van der Waals surface area contributed by atoms with Gasteiger partial charge in [-0.25, -0.2) is 4.98 Å². The SMILES string of the molecule is COc1cccc(Nc2nc(N)c(C(=O)c3c[nH]c4ccccc34)s2)c1. The first kappa shape index (κ1) is 16.2. The van der Waals surface area contributed by atoms with Gasteiger partial charge in [0.1, 0.15) is 16.4 Å². The summed E-state index contributed by atoms with van der Waals surface area (Å²) in [7, 11) is 1.61. The average molecular weight is 364 g/mol. The van der Waals surface area contributed by atoms with Gasteiger partial charge >= 0.3 is 0 Å². The van der Waals surface area contributed by atoms with Crippen LogP contribution in [0, 0.1) is 0 Å². The Morgan fingerprint density at radius 1 is 1.23 bits per heavy atom. The Balaban J connectivity index is 1.64. The number of carbonyl (C=O) groups is 1. The number of rotatable bonds is 5. The summed E-state index contributed by atoms with van der Waals surface area (Å²) in [6.45, 7) is 0. The Hall–Kier alpha value is -3.32. The standard InChI is InChI=1S/C19H16N4O2S/c1-25-12-6-4-5-11(9-12)22-19-23-18(20)17(26-19)16(24)14-10-21-15-8-3-2-7-13(14)15/h2-10,21H,20H2,1H3,(H,22,23). The van der Waals surface area contributed by atoms with Gasteiger partial charge in [-0.1, -0.05) is 35.6 Å². The third-order valence-corrected chi connectivity index (χ3v) is 5.00. The number of nitrogen functional groups attached to an aromatic ring is 1. The zero-order valence-electron chi connectivity index (χ0n) is 13.9. The molecule has 0 aliphatic rings. The van der Waals surface area contributed by atoms with Crippen molar-refractivity contribution < 1.29 is 9.53 Å². The van der Waals surface area contributed by atoms with Gasteiger partial charge in [-0.2, -0.15) is 0 Å². The van der Waals surface area contributed by atoms with Gasteiger partial charge in [-0.15, -0.1) is 0 Å². The lowest BCUT2D eigenvalue weighted by Crippen LogP contribution is -2.01. The number of thiazole rings is 1. The van der Waals surface area contributed by atoms with Crippen molar-refractivity contribution >= 4 is 44.7 Å². The number of carbonyl (C=O) groups excluding carboxylic acids is 1. The predicted octanol–water partition coefficient (Wildman–Crippen LogP) is 4.19. The van der Waals surface area contributed by atoms with Gasteiger partial charge in [-0.3, -0.25) is 4.79 Å². The van der Waals surface area contributed by atoms with E-state index in [1.165, 1.54) is 11.3 Å². The predicted molar refractivity (Wildman–Crippen MR) is 105 cm³/mol. The first-order valence-corrected chi connectivity index (χ1v) is 8.75. The molecule has 7 heteroatoms. The fourth-order valence-electron chi connectivity index (χ4n) is 2.75. The third kappa shape index (κ3) is 2.89. The van der Waals surface area contributed by atoms with Crippen LogP contribution in [0.2, 0.25) is 0 Å². The molecule has 2 aromatic heterocycles. The normalized spacial score (nSPS) is 10.8. The molecule has 0 amide bonds. The second kappa shape index (κ2) is 6.53. The molecule has 0 bridgehead atoms. The van der Waals surface area contributed by atoms with Crippen LogP contribution in [0.4, 0.5) is 16.6 Å². The topological polar surface area (TPSA) is 93.0 Å². The van der Waals surface area contributed by atoms with Gasteiger partial charge in [-0.05, 0) is 18.2 Å². The lowest BCUT2D eigenvalue weighted by atomic mass is 10.1. The number of fused-ring (bicyclic) bond motifs is 1. The number of H-pyrrole nitrogens is 1. The van der Waals surface area contributed by atoms with Crippen molar-refractivity contribution in [3.63, 3.8) is 0 Å². The number of hydrogen-bond acceptors (Lipinski definition) is 6. The van der Waals surface area contributed by atoms with E-state index >= 15 is 0 Å². The molecular formula is C19H16N4O2S. The summed E-state index contributed by atoms with van der Waals surface area (Å²) in [6, 6.07) is 15.1. The molecule has 0 atom stereocenters. The molecule has 0 aliphatic heterocycles. The number of para-hydroxylation sites is 1. The van der Waals surface area contributed by atoms with Crippen LogP contribution in [0.1, 0.15) is 15.2 Å². The van der Waals surface area contributed by atoms with E-state index in [-0.39, 0.29) is 11.6 Å².